The minimum Gasteiger partial charge on any atom is -0.332 e. The van der Waals surface area contributed by atoms with Crippen molar-refractivity contribution in [3.8, 4) is 0 Å². The summed E-state index contributed by atoms with van der Waals surface area (Å²) in [4.78, 5) is 27.4. The van der Waals surface area contributed by atoms with Crippen molar-refractivity contribution in [3.05, 3.63) is 42.0 Å². The number of hydrogen-bond donors (Lipinski definition) is 1. The molecule has 1 atom stereocenters. The summed E-state index contributed by atoms with van der Waals surface area (Å²) in [5.41, 5.74) is 0.879. The second-order valence-electron chi connectivity index (χ2n) is 5.69. The van der Waals surface area contributed by atoms with Gasteiger partial charge in [0.15, 0.2) is 5.82 Å². The van der Waals surface area contributed by atoms with Gasteiger partial charge in [-0.25, -0.2) is 15.0 Å². The maximum atomic E-state index is 12.1. The van der Waals surface area contributed by atoms with E-state index in [-0.39, 0.29) is 11.9 Å². The Kier molecular flexibility index (Phi) is 4.50. The first kappa shape index (κ1) is 15.4. The molecule has 2 aromatic rings. The standard InChI is InChI=1S/C17H21N5O/c1-3-16(23)22-10-6-7-13(22)17-19-12(2)11-15(21-17)20-14-8-4-5-9-18-14/h4-5,8-9,11,13H,3,6-7,10H2,1-2H3,(H,18,19,20,21)/t13-/m0/s1. The highest BCUT2D eigenvalue weighted by Gasteiger charge is 2.31. The van der Waals surface area contributed by atoms with Crippen LogP contribution in [0.15, 0.2) is 30.5 Å². The van der Waals surface area contributed by atoms with E-state index in [0.29, 0.717) is 18.1 Å². The minimum atomic E-state index is -0.0216. The average molecular weight is 311 g/mol. The monoisotopic (exact) mass is 311 g/mol. The van der Waals surface area contributed by atoms with E-state index in [2.05, 4.69) is 20.3 Å². The molecule has 0 aliphatic carbocycles. The zero-order valence-corrected chi connectivity index (χ0v) is 13.5. The van der Waals surface area contributed by atoms with E-state index in [9.17, 15) is 4.79 Å². The lowest BCUT2D eigenvalue weighted by atomic mass is 10.2. The number of hydrogen-bond acceptors (Lipinski definition) is 5. The Morgan fingerprint density at radius 1 is 1.35 bits per heavy atom. The molecule has 0 unspecified atom stereocenters. The number of rotatable bonds is 4. The number of nitrogens with one attached hydrogen (secondary N) is 1. The Labute approximate surface area is 136 Å². The highest BCUT2D eigenvalue weighted by Crippen LogP contribution is 2.31. The van der Waals surface area contributed by atoms with E-state index < -0.39 is 0 Å². The van der Waals surface area contributed by atoms with Crippen molar-refractivity contribution < 1.29 is 4.79 Å². The van der Waals surface area contributed by atoms with Crippen LogP contribution in [0.3, 0.4) is 0 Å². The summed E-state index contributed by atoms with van der Waals surface area (Å²) >= 11 is 0. The molecule has 6 heteroatoms. The molecule has 120 valence electrons. The molecule has 1 N–H and O–H groups in total. The summed E-state index contributed by atoms with van der Waals surface area (Å²) in [5, 5.41) is 3.20. The normalized spacial score (nSPS) is 17.3. The van der Waals surface area contributed by atoms with Crippen molar-refractivity contribution in [2.24, 2.45) is 0 Å². The molecule has 2 aromatic heterocycles. The van der Waals surface area contributed by atoms with Crippen LogP contribution in [-0.4, -0.2) is 32.3 Å². The molecule has 1 saturated heterocycles. The van der Waals surface area contributed by atoms with Gasteiger partial charge in [0.1, 0.15) is 11.6 Å². The predicted molar refractivity (Wildman–Crippen MR) is 88.3 cm³/mol. The highest BCUT2D eigenvalue weighted by molar-refractivity contribution is 5.76. The molecule has 0 bridgehead atoms. The van der Waals surface area contributed by atoms with E-state index in [1.165, 1.54) is 0 Å². The van der Waals surface area contributed by atoms with Crippen LogP contribution in [0.4, 0.5) is 11.6 Å². The second-order valence-corrected chi connectivity index (χ2v) is 5.69. The van der Waals surface area contributed by atoms with Gasteiger partial charge in [0, 0.05) is 30.9 Å². The summed E-state index contributed by atoms with van der Waals surface area (Å²) in [6, 6.07) is 7.54. The number of likely N-dealkylation sites (tertiary alicyclic amines) is 1. The highest BCUT2D eigenvalue weighted by atomic mass is 16.2. The van der Waals surface area contributed by atoms with Gasteiger partial charge in [-0.1, -0.05) is 13.0 Å². The van der Waals surface area contributed by atoms with Crippen molar-refractivity contribution in [1.29, 1.82) is 0 Å². The van der Waals surface area contributed by atoms with Crippen molar-refractivity contribution in [3.63, 3.8) is 0 Å². The topological polar surface area (TPSA) is 71.0 Å². The first-order valence-corrected chi connectivity index (χ1v) is 8.00. The van der Waals surface area contributed by atoms with Gasteiger partial charge in [-0.2, -0.15) is 0 Å². The van der Waals surface area contributed by atoms with E-state index in [4.69, 9.17) is 0 Å². The number of nitrogens with zero attached hydrogens (tertiary/aromatic N) is 4. The first-order valence-electron chi connectivity index (χ1n) is 8.00. The lowest BCUT2D eigenvalue weighted by Crippen LogP contribution is -2.31. The van der Waals surface area contributed by atoms with Gasteiger partial charge in [-0.15, -0.1) is 0 Å². The van der Waals surface area contributed by atoms with Gasteiger partial charge in [0.05, 0.1) is 6.04 Å². The van der Waals surface area contributed by atoms with Gasteiger partial charge in [-0.05, 0) is 31.9 Å². The summed E-state index contributed by atoms with van der Waals surface area (Å²) < 4.78 is 0. The predicted octanol–water partition coefficient (Wildman–Crippen LogP) is 3.00. The number of aryl methyl sites for hydroxylation is 1. The Morgan fingerprint density at radius 3 is 2.96 bits per heavy atom. The molecular formula is C17H21N5O. The molecular weight excluding hydrogens is 290 g/mol. The number of pyridine rings is 1. The molecule has 3 heterocycles. The van der Waals surface area contributed by atoms with Crippen LogP contribution in [-0.2, 0) is 4.79 Å². The maximum Gasteiger partial charge on any atom is 0.222 e. The molecule has 23 heavy (non-hydrogen) atoms. The third kappa shape index (κ3) is 3.47. The van der Waals surface area contributed by atoms with Crippen LogP contribution in [0.5, 0.6) is 0 Å². The van der Waals surface area contributed by atoms with E-state index in [1.54, 1.807) is 6.20 Å². The molecule has 0 saturated carbocycles. The van der Waals surface area contributed by atoms with Crippen molar-refractivity contribution in [2.75, 3.05) is 11.9 Å². The van der Waals surface area contributed by atoms with Gasteiger partial charge < -0.3 is 10.2 Å². The minimum absolute atomic E-state index is 0.0216. The molecule has 0 spiro atoms. The SMILES string of the molecule is CCC(=O)N1CCC[C@H]1c1nc(C)cc(Nc2ccccn2)n1. The summed E-state index contributed by atoms with van der Waals surface area (Å²) in [7, 11) is 0. The Morgan fingerprint density at radius 2 is 2.22 bits per heavy atom. The van der Waals surface area contributed by atoms with Crippen molar-refractivity contribution in [2.45, 2.75) is 39.2 Å². The van der Waals surface area contributed by atoms with Crippen LogP contribution in [0.2, 0.25) is 0 Å². The summed E-state index contributed by atoms with van der Waals surface area (Å²) in [6.07, 6.45) is 4.16. The summed E-state index contributed by atoms with van der Waals surface area (Å²) in [5.74, 6) is 2.33. The second kappa shape index (κ2) is 6.73. The average Bonchev–Trinajstić information content (AvgIpc) is 3.04. The quantitative estimate of drug-likeness (QED) is 0.940. The van der Waals surface area contributed by atoms with Crippen LogP contribution >= 0.6 is 0 Å². The fraction of sp³-hybridized carbons (Fsp3) is 0.412. The van der Waals surface area contributed by atoms with Crippen LogP contribution in [0.1, 0.15) is 43.7 Å². The third-order valence-electron chi connectivity index (χ3n) is 3.97. The zero-order chi connectivity index (χ0) is 16.2. The fourth-order valence-corrected chi connectivity index (χ4v) is 2.91. The van der Waals surface area contributed by atoms with Crippen LogP contribution in [0, 0.1) is 6.92 Å². The zero-order valence-electron chi connectivity index (χ0n) is 13.5. The van der Waals surface area contributed by atoms with E-state index in [1.807, 2.05) is 43.0 Å². The lowest BCUT2D eigenvalue weighted by molar-refractivity contribution is -0.131. The molecule has 3 rings (SSSR count). The largest absolute Gasteiger partial charge is 0.332 e. The smallest absolute Gasteiger partial charge is 0.222 e. The molecule has 1 amide bonds. The molecule has 1 aliphatic heterocycles. The van der Waals surface area contributed by atoms with Crippen molar-refractivity contribution >= 4 is 17.5 Å². The number of carbonyl (C=O) groups is 1. The fourth-order valence-electron chi connectivity index (χ4n) is 2.91. The summed E-state index contributed by atoms with van der Waals surface area (Å²) in [6.45, 7) is 4.62. The Balaban J connectivity index is 1.87. The van der Waals surface area contributed by atoms with Crippen molar-refractivity contribution in [1.82, 2.24) is 19.9 Å². The molecule has 0 aromatic carbocycles. The van der Waals surface area contributed by atoms with E-state index >= 15 is 0 Å². The maximum absolute atomic E-state index is 12.1. The number of amides is 1. The Hall–Kier alpha value is -2.50. The van der Waals surface area contributed by atoms with Gasteiger partial charge in [-0.3, -0.25) is 4.79 Å². The molecule has 0 radical (unpaired) electrons. The van der Waals surface area contributed by atoms with Gasteiger partial charge >= 0.3 is 0 Å². The van der Waals surface area contributed by atoms with Gasteiger partial charge in [0.25, 0.3) is 0 Å². The third-order valence-corrected chi connectivity index (χ3v) is 3.97. The molecule has 1 aliphatic rings. The number of anilines is 2. The molecule has 6 nitrogen and oxygen atoms in total. The van der Waals surface area contributed by atoms with E-state index in [0.717, 1.165) is 30.9 Å². The Bertz CT molecular complexity index is 689. The van der Waals surface area contributed by atoms with Gasteiger partial charge in [0.2, 0.25) is 5.91 Å². The van der Waals surface area contributed by atoms with Crippen LogP contribution < -0.4 is 5.32 Å². The molecule has 1 fully saturated rings. The van der Waals surface area contributed by atoms with Crippen LogP contribution in [0.25, 0.3) is 0 Å². The number of carbonyl (C=O) groups excluding carboxylic acids is 1. The number of aromatic nitrogens is 3. The lowest BCUT2D eigenvalue weighted by Gasteiger charge is -2.23. The first-order chi connectivity index (χ1) is 11.2.